The van der Waals surface area contributed by atoms with Gasteiger partial charge < -0.3 is 19.1 Å². The number of benzene rings is 2. The maximum absolute atomic E-state index is 13.8. The predicted octanol–water partition coefficient (Wildman–Crippen LogP) is 3.05. The number of nitrogens with zero attached hydrogens (tertiary/aromatic N) is 3. The zero-order valence-corrected chi connectivity index (χ0v) is 22.3. The highest BCUT2D eigenvalue weighted by Crippen LogP contribution is 2.36. The molecule has 0 saturated carbocycles. The highest BCUT2D eigenvalue weighted by atomic mass is 32.1. The third kappa shape index (κ3) is 5.08. The number of esters is 1. The summed E-state index contributed by atoms with van der Waals surface area (Å²) in [4.78, 5) is 34.1. The molecule has 3 aromatic rings. The van der Waals surface area contributed by atoms with E-state index in [1.807, 2.05) is 55.4 Å². The summed E-state index contributed by atoms with van der Waals surface area (Å²) in [6.07, 6.45) is 3.33. The molecule has 192 valence electrons. The average Bonchev–Trinajstić information content (AvgIpc) is 3.20. The summed E-state index contributed by atoms with van der Waals surface area (Å²) in [6, 6.07) is 12.5. The fraction of sp³-hybridized carbons (Fsp3) is 0.250. The summed E-state index contributed by atoms with van der Waals surface area (Å²) >= 11 is 1.28. The van der Waals surface area contributed by atoms with Gasteiger partial charge in [0.2, 0.25) is 0 Å². The summed E-state index contributed by atoms with van der Waals surface area (Å²) in [5.74, 6) is 0.461. The number of hydrogen-bond acceptors (Lipinski definition) is 8. The van der Waals surface area contributed by atoms with Crippen LogP contribution in [0.1, 0.15) is 24.1 Å². The first-order valence-corrected chi connectivity index (χ1v) is 12.4. The van der Waals surface area contributed by atoms with E-state index in [2.05, 4.69) is 11.6 Å². The number of aromatic nitrogens is 1. The van der Waals surface area contributed by atoms with Crippen LogP contribution in [-0.2, 0) is 9.53 Å². The van der Waals surface area contributed by atoms with Crippen LogP contribution in [0, 0.1) is 0 Å². The third-order valence-corrected chi connectivity index (χ3v) is 6.99. The molecule has 4 rings (SSSR count). The first kappa shape index (κ1) is 26.0. The van der Waals surface area contributed by atoms with Crippen molar-refractivity contribution in [3.05, 3.63) is 97.2 Å². The maximum Gasteiger partial charge on any atom is 0.338 e. The van der Waals surface area contributed by atoms with Crippen LogP contribution < -0.4 is 29.3 Å². The van der Waals surface area contributed by atoms with E-state index in [4.69, 9.17) is 14.2 Å². The monoisotopic (exact) mass is 519 g/mol. The summed E-state index contributed by atoms with van der Waals surface area (Å²) < 4.78 is 18.3. The number of ether oxygens (including phenoxy) is 3. The maximum atomic E-state index is 13.8. The number of allylic oxidation sites excluding steroid dienone is 1. The fourth-order valence-corrected chi connectivity index (χ4v) is 5.20. The van der Waals surface area contributed by atoms with Crippen LogP contribution in [0.15, 0.2) is 76.2 Å². The Labute approximate surface area is 219 Å². The van der Waals surface area contributed by atoms with Gasteiger partial charge in [0.15, 0.2) is 16.3 Å². The number of fused-ring (bicyclic) bond motifs is 1. The Morgan fingerprint density at radius 1 is 1.14 bits per heavy atom. The smallest absolute Gasteiger partial charge is 0.338 e. The van der Waals surface area contributed by atoms with Gasteiger partial charge in [0.25, 0.3) is 5.56 Å². The van der Waals surface area contributed by atoms with E-state index in [9.17, 15) is 9.59 Å². The number of methoxy groups -OCH3 is 2. The first-order valence-electron chi connectivity index (χ1n) is 11.6. The average molecular weight is 520 g/mol. The fourth-order valence-electron chi connectivity index (χ4n) is 4.15. The van der Waals surface area contributed by atoms with Gasteiger partial charge in [-0.3, -0.25) is 9.36 Å². The number of carbonyl (C=O) groups is 1. The zero-order valence-electron chi connectivity index (χ0n) is 21.5. The molecule has 0 aliphatic carbocycles. The van der Waals surface area contributed by atoms with Crippen molar-refractivity contribution < 1.29 is 19.0 Å². The molecule has 8 nitrogen and oxygen atoms in total. The normalized spacial score (nSPS) is 15.1. The highest BCUT2D eigenvalue weighted by molar-refractivity contribution is 7.07. The van der Waals surface area contributed by atoms with E-state index in [1.54, 1.807) is 30.7 Å². The summed E-state index contributed by atoms with van der Waals surface area (Å²) in [5, 5.41) is 0. The van der Waals surface area contributed by atoms with Crippen LogP contribution in [-0.4, -0.2) is 45.5 Å². The minimum absolute atomic E-state index is 0.0433. The lowest BCUT2D eigenvalue weighted by Crippen LogP contribution is -2.40. The largest absolute Gasteiger partial charge is 0.493 e. The van der Waals surface area contributed by atoms with Crippen molar-refractivity contribution in [2.75, 3.05) is 39.8 Å². The van der Waals surface area contributed by atoms with Crippen LogP contribution in [0.5, 0.6) is 11.5 Å². The lowest BCUT2D eigenvalue weighted by Gasteiger charge is -2.25. The summed E-state index contributed by atoms with van der Waals surface area (Å²) in [7, 11) is 7.03. The quantitative estimate of drug-likeness (QED) is 0.336. The van der Waals surface area contributed by atoms with E-state index in [1.165, 1.54) is 24.5 Å². The lowest BCUT2D eigenvalue weighted by atomic mass is 9.95. The van der Waals surface area contributed by atoms with Gasteiger partial charge in [0, 0.05) is 19.8 Å². The molecule has 37 heavy (non-hydrogen) atoms. The molecule has 0 amide bonds. The molecule has 1 aliphatic heterocycles. The van der Waals surface area contributed by atoms with Crippen molar-refractivity contribution in [1.82, 2.24) is 4.57 Å². The molecule has 2 heterocycles. The van der Waals surface area contributed by atoms with E-state index < -0.39 is 12.0 Å². The Morgan fingerprint density at radius 2 is 1.84 bits per heavy atom. The van der Waals surface area contributed by atoms with Gasteiger partial charge in [0.1, 0.15) is 6.61 Å². The minimum atomic E-state index is -0.758. The third-order valence-electron chi connectivity index (χ3n) is 6.00. The number of carbonyl (C=O) groups excluding carboxylic acids is 1. The van der Waals surface area contributed by atoms with Gasteiger partial charge in [-0.15, -0.1) is 0 Å². The van der Waals surface area contributed by atoms with Crippen molar-refractivity contribution in [3.8, 4) is 11.5 Å². The Bertz CT molecular complexity index is 1550. The van der Waals surface area contributed by atoms with E-state index in [-0.39, 0.29) is 17.7 Å². The van der Waals surface area contributed by atoms with Gasteiger partial charge in [0.05, 0.1) is 36.1 Å². The van der Waals surface area contributed by atoms with Crippen LogP contribution in [0.3, 0.4) is 0 Å². The molecule has 1 aromatic heterocycles. The second kappa shape index (κ2) is 10.9. The van der Waals surface area contributed by atoms with Crippen LogP contribution in [0.25, 0.3) is 6.08 Å². The molecule has 0 radical (unpaired) electrons. The molecule has 9 heteroatoms. The molecule has 0 N–H and O–H groups in total. The molecule has 1 unspecified atom stereocenters. The molecule has 0 saturated heterocycles. The molecule has 0 bridgehead atoms. The Kier molecular flexibility index (Phi) is 7.63. The van der Waals surface area contributed by atoms with Crippen molar-refractivity contribution >= 4 is 29.1 Å². The Hall–Kier alpha value is -4.11. The number of rotatable bonds is 8. The van der Waals surface area contributed by atoms with Gasteiger partial charge in [-0.2, -0.15) is 0 Å². The van der Waals surface area contributed by atoms with Gasteiger partial charge in [-0.05, 0) is 48.4 Å². The van der Waals surface area contributed by atoms with Crippen LogP contribution >= 0.6 is 11.3 Å². The molecule has 0 fully saturated rings. The Balaban J connectivity index is 1.91. The molecule has 2 aromatic carbocycles. The number of thiazole rings is 1. The van der Waals surface area contributed by atoms with Crippen LogP contribution in [0.4, 0.5) is 5.69 Å². The van der Waals surface area contributed by atoms with Gasteiger partial charge in [-0.25, -0.2) is 9.79 Å². The number of anilines is 1. The van der Waals surface area contributed by atoms with E-state index >= 15 is 0 Å². The van der Waals surface area contributed by atoms with Crippen LogP contribution in [0.2, 0.25) is 0 Å². The minimum Gasteiger partial charge on any atom is -0.493 e. The van der Waals surface area contributed by atoms with E-state index in [0.29, 0.717) is 32.1 Å². The lowest BCUT2D eigenvalue weighted by molar-refractivity contribution is -0.138. The highest BCUT2D eigenvalue weighted by Gasteiger charge is 2.34. The number of hydrogen-bond donors (Lipinski definition) is 0. The summed E-state index contributed by atoms with van der Waals surface area (Å²) in [5.41, 5.74) is 3.13. The van der Waals surface area contributed by atoms with Crippen molar-refractivity contribution in [3.63, 3.8) is 0 Å². The van der Waals surface area contributed by atoms with Crippen molar-refractivity contribution in [1.29, 1.82) is 0 Å². The van der Waals surface area contributed by atoms with Crippen molar-refractivity contribution in [2.45, 2.75) is 13.0 Å². The van der Waals surface area contributed by atoms with Crippen molar-refractivity contribution in [2.24, 2.45) is 4.99 Å². The Morgan fingerprint density at radius 3 is 2.46 bits per heavy atom. The molecule has 1 atom stereocenters. The molecular formula is C28H29N3O5S. The first-order chi connectivity index (χ1) is 17.8. The topological polar surface area (TPSA) is 82.4 Å². The SMILES string of the molecule is C=CCOC(=O)C1=C(C)N=c2sc(=Cc3ccc(N(C)C)cc3)c(=O)n2C1c1ccc(OC)c(OC)c1. The summed E-state index contributed by atoms with van der Waals surface area (Å²) in [6.45, 7) is 5.41. The second-order valence-electron chi connectivity index (χ2n) is 8.57. The zero-order chi connectivity index (χ0) is 26.7. The second-order valence-corrected chi connectivity index (χ2v) is 9.58. The molecule has 0 spiro atoms. The van der Waals surface area contributed by atoms with E-state index in [0.717, 1.165) is 11.3 Å². The molecular weight excluding hydrogens is 490 g/mol. The standard InChI is InChI=1S/C28H29N3O5S/c1-7-14-36-27(33)24-17(2)29-28-31(25(24)19-10-13-21(34-5)22(16-19)35-6)26(32)23(37-28)15-18-8-11-20(12-9-18)30(3)4/h7-13,15-16,25H,1,14H2,2-6H3. The molecule has 1 aliphatic rings. The van der Waals surface area contributed by atoms with Gasteiger partial charge >= 0.3 is 5.97 Å². The van der Waals surface area contributed by atoms with Gasteiger partial charge in [-0.1, -0.05) is 42.2 Å². The predicted molar refractivity (Wildman–Crippen MR) is 145 cm³/mol.